The van der Waals surface area contributed by atoms with Gasteiger partial charge in [-0.25, -0.2) is 4.98 Å². The average molecular weight is 279 g/mol. The summed E-state index contributed by atoms with van der Waals surface area (Å²) in [5.74, 6) is 0.804. The van der Waals surface area contributed by atoms with Crippen molar-refractivity contribution in [1.82, 2.24) is 9.97 Å². The zero-order chi connectivity index (χ0) is 14.5. The van der Waals surface area contributed by atoms with E-state index < -0.39 is 0 Å². The van der Waals surface area contributed by atoms with E-state index in [0.717, 1.165) is 23.7 Å². The molecule has 0 aliphatic rings. The highest BCUT2D eigenvalue weighted by Crippen LogP contribution is 2.22. The van der Waals surface area contributed by atoms with E-state index in [-0.39, 0.29) is 5.95 Å². The number of nitrogens with zero attached hydrogens (tertiary/aromatic N) is 2. The van der Waals surface area contributed by atoms with E-state index in [1.165, 1.54) is 5.56 Å². The summed E-state index contributed by atoms with van der Waals surface area (Å²) in [7, 11) is 0. The minimum Gasteiger partial charge on any atom is -0.477 e. The highest BCUT2D eigenvalue weighted by molar-refractivity contribution is 5.84. The van der Waals surface area contributed by atoms with E-state index in [1.54, 1.807) is 0 Å². The Morgan fingerprint density at radius 3 is 2.52 bits per heavy atom. The molecule has 0 saturated heterocycles. The number of hydrogen-bond acceptors (Lipinski definition) is 4. The molecule has 3 aromatic rings. The lowest BCUT2D eigenvalue weighted by Crippen LogP contribution is -2.04. The fourth-order valence-electron chi connectivity index (χ4n) is 2.26. The van der Waals surface area contributed by atoms with Crippen LogP contribution in [0.15, 0.2) is 54.6 Å². The van der Waals surface area contributed by atoms with Crippen molar-refractivity contribution in [2.75, 3.05) is 12.3 Å². The van der Waals surface area contributed by atoms with E-state index >= 15 is 0 Å². The van der Waals surface area contributed by atoms with E-state index in [2.05, 4.69) is 34.2 Å². The molecule has 0 radical (unpaired) electrons. The van der Waals surface area contributed by atoms with Crippen LogP contribution < -0.4 is 10.5 Å². The lowest BCUT2D eigenvalue weighted by molar-refractivity contribution is 0.303. The molecule has 106 valence electrons. The number of nitrogen functional groups attached to an aromatic ring is 1. The number of para-hydroxylation sites is 1. The first kappa shape index (κ1) is 13.4. The van der Waals surface area contributed by atoms with Gasteiger partial charge >= 0.3 is 0 Å². The van der Waals surface area contributed by atoms with Gasteiger partial charge in [0.05, 0.1) is 17.5 Å². The molecule has 21 heavy (non-hydrogen) atoms. The van der Waals surface area contributed by atoms with Crippen molar-refractivity contribution < 1.29 is 4.74 Å². The number of ether oxygens (including phenoxy) is 1. The van der Waals surface area contributed by atoms with Gasteiger partial charge in [0, 0.05) is 0 Å². The zero-order valence-corrected chi connectivity index (χ0v) is 11.7. The molecule has 0 fully saturated rings. The molecular weight excluding hydrogens is 262 g/mol. The Morgan fingerprint density at radius 1 is 0.905 bits per heavy atom. The maximum Gasteiger partial charge on any atom is 0.226 e. The number of fused-ring (bicyclic) bond motifs is 1. The van der Waals surface area contributed by atoms with Gasteiger partial charge in [0.15, 0.2) is 0 Å². The Kier molecular flexibility index (Phi) is 3.96. The molecule has 4 heteroatoms. The molecule has 1 aromatic heterocycles. The van der Waals surface area contributed by atoms with Gasteiger partial charge < -0.3 is 10.5 Å². The Bertz CT molecular complexity index is 728. The highest BCUT2D eigenvalue weighted by atomic mass is 16.5. The van der Waals surface area contributed by atoms with Gasteiger partial charge in [-0.2, -0.15) is 4.98 Å². The lowest BCUT2D eigenvalue weighted by Gasteiger charge is -2.08. The third-order valence-corrected chi connectivity index (χ3v) is 3.28. The molecule has 1 heterocycles. The van der Waals surface area contributed by atoms with Crippen molar-refractivity contribution in [2.24, 2.45) is 0 Å². The van der Waals surface area contributed by atoms with Crippen molar-refractivity contribution in [2.45, 2.75) is 12.8 Å². The molecule has 0 amide bonds. The number of anilines is 1. The number of rotatable bonds is 5. The normalized spacial score (nSPS) is 10.7. The maximum atomic E-state index is 5.79. The number of benzene rings is 2. The van der Waals surface area contributed by atoms with Crippen LogP contribution in [0.1, 0.15) is 12.0 Å². The van der Waals surface area contributed by atoms with Gasteiger partial charge in [-0.05, 0) is 30.5 Å². The van der Waals surface area contributed by atoms with Crippen LogP contribution in [0.3, 0.4) is 0 Å². The highest BCUT2D eigenvalue weighted by Gasteiger charge is 2.06. The summed E-state index contributed by atoms with van der Waals surface area (Å²) in [4.78, 5) is 8.39. The maximum absolute atomic E-state index is 5.79. The van der Waals surface area contributed by atoms with Crippen LogP contribution in [0.5, 0.6) is 5.88 Å². The third kappa shape index (κ3) is 3.28. The van der Waals surface area contributed by atoms with Crippen LogP contribution in [0.25, 0.3) is 10.9 Å². The molecule has 0 aliphatic carbocycles. The fraction of sp³-hybridized carbons (Fsp3) is 0.176. The second-order valence-electron chi connectivity index (χ2n) is 4.84. The van der Waals surface area contributed by atoms with Crippen molar-refractivity contribution in [3.63, 3.8) is 0 Å². The van der Waals surface area contributed by atoms with Crippen LogP contribution in [0.2, 0.25) is 0 Å². The zero-order valence-electron chi connectivity index (χ0n) is 11.7. The summed E-state index contributed by atoms with van der Waals surface area (Å²) in [5, 5.41) is 0.895. The Labute approximate surface area is 123 Å². The van der Waals surface area contributed by atoms with E-state index in [0.29, 0.717) is 12.5 Å². The smallest absolute Gasteiger partial charge is 0.226 e. The predicted octanol–water partition coefficient (Wildman–Crippen LogP) is 3.22. The van der Waals surface area contributed by atoms with Crippen molar-refractivity contribution in [3.8, 4) is 5.88 Å². The van der Waals surface area contributed by atoms with Crippen LogP contribution in [-0.4, -0.2) is 16.6 Å². The number of nitrogens with two attached hydrogens (primary N) is 1. The topological polar surface area (TPSA) is 61.0 Å². The molecule has 0 spiro atoms. The monoisotopic (exact) mass is 279 g/mol. The van der Waals surface area contributed by atoms with E-state index in [4.69, 9.17) is 10.5 Å². The Hall–Kier alpha value is -2.62. The molecule has 4 nitrogen and oxygen atoms in total. The van der Waals surface area contributed by atoms with Crippen molar-refractivity contribution in [1.29, 1.82) is 0 Å². The molecule has 2 aromatic carbocycles. The second kappa shape index (κ2) is 6.22. The van der Waals surface area contributed by atoms with Gasteiger partial charge in [-0.15, -0.1) is 0 Å². The fourth-order valence-corrected chi connectivity index (χ4v) is 2.26. The minimum atomic E-state index is 0.242. The molecule has 0 bridgehead atoms. The molecule has 3 rings (SSSR count). The van der Waals surface area contributed by atoms with Gasteiger partial charge in [0.25, 0.3) is 0 Å². The summed E-state index contributed by atoms with van der Waals surface area (Å²) >= 11 is 0. The standard InChI is InChI=1S/C17H17N3O/c18-17-19-15-11-5-4-10-14(15)16(20-17)21-12-6-9-13-7-2-1-3-8-13/h1-5,7-8,10-11H,6,9,12H2,(H2,18,19,20). The summed E-state index contributed by atoms with van der Waals surface area (Å²) in [5.41, 5.74) is 7.84. The summed E-state index contributed by atoms with van der Waals surface area (Å²) < 4.78 is 5.79. The molecule has 0 atom stereocenters. The Morgan fingerprint density at radius 2 is 1.67 bits per heavy atom. The lowest BCUT2D eigenvalue weighted by atomic mass is 10.1. The molecule has 2 N–H and O–H groups in total. The SMILES string of the molecule is Nc1nc(OCCCc2ccccc2)c2ccccc2n1. The van der Waals surface area contributed by atoms with Crippen molar-refractivity contribution in [3.05, 3.63) is 60.2 Å². The quantitative estimate of drug-likeness (QED) is 0.728. The van der Waals surface area contributed by atoms with E-state index in [1.807, 2.05) is 30.3 Å². The molecule has 0 unspecified atom stereocenters. The number of aryl methyl sites for hydroxylation is 1. The van der Waals surface area contributed by atoms with Crippen LogP contribution in [0, 0.1) is 0 Å². The predicted molar refractivity (Wildman–Crippen MR) is 84.2 cm³/mol. The first-order valence-corrected chi connectivity index (χ1v) is 7.02. The molecular formula is C17H17N3O. The van der Waals surface area contributed by atoms with Crippen LogP contribution in [0.4, 0.5) is 5.95 Å². The third-order valence-electron chi connectivity index (χ3n) is 3.28. The summed E-state index contributed by atoms with van der Waals surface area (Å²) in [6.07, 6.45) is 1.92. The summed E-state index contributed by atoms with van der Waals surface area (Å²) in [6.45, 7) is 0.606. The minimum absolute atomic E-state index is 0.242. The number of hydrogen-bond donors (Lipinski definition) is 1. The largest absolute Gasteiger partial charge is 0.477 e. The summed E-state index contributed by atoms with van der Waals surface area (Å²) in [6, 6.07) is 18.1. The molecule has 0 aliphatic heterocycles. The van der Waals surface area contributed by atoms with Gasteiger partial charge in [0.2, 0.25) is 11.8 Å². The first-order chi connectivity index (χ1) is 10.3. The first-order valence-electron chi connectivity index (χ1n) is 7.02. The van der Waals surface area contributed by atoms with E-state index in [9.17, 15) is 0 Å². The van der Waals surface area contributed by atoms with Crippen LogP contribution in [-0.2, 0) is 6.42 Å². The average Bonchev–Trinajstić information content (AvgIpc) is 2.52. The van der Waals surface area contributed by atoms with Gasteiger partial charge in [0.1, 0.15) is 0 Å². The number of aromatic nitrogens is 2. The van der Waals surface area contributed by atoms with Gasteiger partial charge in [-0.3, -0.25) is 0 Å². The second-order valence-corrected chi connectivity index (χ2v) is 4.84. The Balaban J connectivity index is 1.65. The van der Waals surface area contributed by atoms with Crippen LogP contribution >= 0.6 is 0 Å². The van der Waals surface area contributed by atoms with Crippen molar-refractivity contribution >= 4 is 16.9 Å². The molecule has 0 saturated carbocycles. The van der Waals surface area contributed by atoms with Gasteiger partial charge in [-0.1, -0.05) is 42.5 Å².